The summed E-state index contributed by atoms with van der Waals surface area (Å²) < 4.78 is 2.10. The molecule has 1 N–H and O–H groups in total. The van der Waals surface area contributed by atoms with Gasteiger partial charge in [-0.3, -0.25) is 0 Å². The van der Waals surface area contributed by atoms with Crippen LogP contribution in [0.1, 0.15) is 32.2 Å². The topological polar surface area (TPSA) is 28.8 Å². The smallest absolute Gasteiger partial charge is 0.339 e. The normalized spacial score (nSPS) is 10.8. The molecule has 1 aromatic carbocycles. The van der Waals surface area contributed by atoms with Gasteiger partial charge in [0, 0.05) is 5.69 Å². The van der Waals surface area contributed by atoms with E-state index in [9.17, 15) is 0 Å². The number of anilines is 2. The molecule has 0 radical (unpaired) electrons. The third-order valence-corrected chi connectivity index (χ3v) is 3.83. The maximum absolute atomic E-state index is 5.79. The molecule has 0 saturated carbocycles. The van der Waals surface area contributed by atoms with E-state index >= 15 is 0 Å². The van der Waals surface area contributed by atoms with Gasteiger partial charge < -0.3 is 17.7 Å². The molecular formula is C15H18Cl3N3S. The number of nitrogens with one attached hydrogen (secondary N) is 1. The van der Waals surface area contributed by atoms with E-state index in [-0.39, 0.29) is 22.3 Å². The highest BCUT2D eigenvalue weighted by Crippen LogP contribution is 2.25. The Morgan fingerprint density at radius 2 is 1.82 bits per heavy atom. The summed E-state index contributed by atoms with van der Waals surface area (Å²) in [7, 11) is 0. The lowest BCUT2D eigenvalue weighted by molar-refractivity contribution is -0.509. The standard InChI is InChI=1S/C15H17Cl2N3S.ClH/c1-10-5-7-11(8-6-10)18-14-19-13(15(2,3)4)20(21-14)9-12(16)17;/h5-9H,1-4H3;1H. The third kappa shape index (κ3) is 5.13. The van der Waals surface area contributed by atoms with Crippen LogP contribution >= 0.6 is 34.7 Å². The molecule has 22 heavy (non-hydrogen) atoms. The number of aryl methyl sites for hydroxylation is 1. The first-order valence-electron chi connectivity index (χ1n) is 6.55. The third-order valence-electron chi connectivity index (χ3n) is 2.79. The van der Waals surface area contributed by atoms with Gasteiger partial charge >= 0.3 is 11.0 Å². The number of nitrogens with zero attached hydrogens (tertiary/aromatic N) is 2. The lowest BCUT2D eigenvalue weighted by atomic mass is 9.96. The lowest BCUT2D eigenvalue weighted by Crippen LogP contribution is -3.00. The Labute approximate surface area is 151 Å². The monoisotopic (exact) mass is 377 g/mol. The minimum atomic E-state index is -0.108. The van der Waals surface area contributed by atoms with E-state index in [0.29, 0.717) is 0 Å². The Morgan fingerprint density at radius 3 is 2.32 bits per heavy atom. The first kappa shape index (κ1) is 19.2. The molecule has 120 valence electrons. The second-order valence-electron chi connectivity index (χ2n) is 5.82. The van der Waals surface area contributed by atoms with Crippen molar-refractivity contribution >= 4 is 51.8 Å². The van der Waals surface area contributed by atoms with Crippen LogP contribution in [0.15, 0.2) is 28.8 Å². The van der Waals surface area contributed by atoms with Crippen LogP contribution in [-0.2, 0) is 5.41 Å². The van der Waals surface area contributed by atoms with Gasteiger partial charge in [0.05, 0.1) is 5.41 Å². The van der Waals surface area contributed by atoms with Crippen LogP contribution in [0.3, 0.4) is 0 Å². The van der Waals surface area contributed by atoms with Gasteiger partial charge in [-0.25, -0.2) is 0 Å². The predicted octanol–water partition coefficient (Wildman–Crippen LogP) is 2.02. The highest BCUT2D eigenvalue weighted by molar-refractivity contribution is 7.06. The molecule has 2 rings (SSSR count). The molecule has 0 spiro atoms. The van der Waals surface area contributed by atoms with Crippen LogP contribution in [0.2, 0.25) is 0 Å². The molecule has 0 atom stereocenters. The second-order valence-corrected chi connectivity index (χ2v) is 7.79. The molecule has 0 aliphatic carbocycles. The summed E-state index contributed by atoms with van der Waals surface area (Å²) in [6.07, 6.45) is 1.67. The molecule has 0 aliphatic heterocycles. The summed E-state index contributed by atoms with van der Waals surface area (Å²) in [5.74, 6) is 0.904. The number of aromatic nitrogens is 2. The van der Waals surface area contributed by atoms with Crippen LogP contribution in [0, 0.1) is 6.92 Å². The van der Waals surface area contributed by atoms with Crippen molar-refractivity contribution in [2.45, 2.75) is 33.1 Å². The van der Waals surface area contributed by atoms with E-state index < -0.39 is 0 Å². The second kappa shape index (κ2) is 7.64. The lowest BCUT2D eigenvalue weighted by Gasteiger charge is -2.08. The zero-order chi connectivity index (χ0) is 15.6. The Kier molecular flexibility index (Phi) is 6.68. The summed E-state index contributed by atoms with van der Waals surface area (Å²) in [5, 5.41) is 4.11. The first-order chi connectivity index (χ1) is 9.75. The van der Waals surface area contributed by atoms with Crippen LogP contribution in [0.25, 0.3) is 6.20 Å². The van der Waals surface area contributed by atoms with Crippen molar-refractivity contribution in [1.29, 1.82) is 0 Å². The summed E-state index contributed by atoms with van der Waals surface area (Å²) in [6.45, 7) is 8.37. The van der Waals surface area contributed by atoms with Crippen molar-refractivity contribution in [1.82, 2.24) is 4.98 Å². The van der Waals surface area contributed by atoms with Crippen LogP contribution in [0.5, 0.6) is 0 Å². The predicted molar refractivity (Wildman–Crippen MR) is 91.4 cm³/mol. The van der Waals surface area contributed by atoms with Gasteiger partial charge in [0.2, 0.25) is 0 Å². The van der Waals surface area contributed by atoms with Gasteiger partial charge in [-0.05, 0) is 44.8 Å². The Hall–Kier alpha value is -0.810. The number of hydrogen-bond acceptors (Lipinski definition) is 3. The minimum Gasteiger partial charge on any atom is -1.00 e. The van der Waals surface area contributed by atoms with E-state index in [0.717, 1.165) is 16.6 Å². The number of halogens is 3. The van der Waals surface area contributed by atoms with Crippen LogP contribution in [0.4, 0.5) is 10.8 Å². The maximum Gasteiger partial charge on any atom is 0.339 e. The molecule has 1 aromatic heterocycles. The highest BCUT2D eigenvalue weighted by Gasteiger charge is 2.32. The van der Waals surface area contributed by atoms with E-state index in [1.54, 1.807) is 6.20 Å². The number of benzene rings is 1. The summed E-state index contributed by atoms with van der Waals surface area (Å²) >= 11 is 13.0. The van der Waals surface area contributed by atoms with Crippen molar-refractivity contribution < 1.29 is 16.4 Å². The summed E-state index contributed by atoms with van der Waals surface area (Å²) in [5.41, 5.74) is 2.12. The zero-order valence-electron chi connectivity index (χ0n) is 12.8. The largest absolute Gasteiger partial charge is 1.00 e. The Morgan fingerprint density at radius 1 is 1.23 bits per heavy atom. The molecular weight excluding hydrogens is 361 g/mol. The first-order valence-corrected chi connectivity index (χ1v) is 8.08. The van der Waals surface area contributed by atoms with E-state index in [1.165, 1.54) is 17.1 Å². The van der Waals surface area contributed by atoms with Crippen molar-refractivity contribution in [3.05, 3.63) is 40.1 Å². The van der Waals surface area contributed by atoms with Crippen molar-refractivity contribution in [3.8, 4) is 0 Å². The Balaban J connectivity index is 0.00000242. The fraction of sp³-hybridized carbons (Fsp3) is 0.333. The fourth-order valence-corrected chi connectivity index (χ4v) is 3.14. The van der Waals surface area contributed by atoms with Gasteiger partial charge in [0.25, 0.3) is 0 Å². The van der Waals surface area contributed by atoms with Gasteiger partial charge in [-0.1, -0.05) is 40.9 Å². The summed E-state index contributed by atoms with van der Waals surface area (Å²) in [4.78, 5) is 4.66. The van der Waals surface area contributed by atoms with Gasteiger partial charge in [-0.15, -0.1) is 3.96 Å². The molecule has 3 nitrogen and oxygen atoms in total. The number of hydrogen-bond donors (Lipinski definition) is 1. The van der Waals surface area contributed by atoms with Crippen LogP contribution in [-0.4, -0.2) is 4.98 Å². The van der Waals surface area contributed by atoms with Gasteiger partial charge in [0.1, 0.15) is 22.2 Å². The molecule has 0 fully saturated rings. The van der Waals surface area contributed by atoms with Gasteiger partial charge in [0.15, 0.2) is 0 Å². The van der Waals surface area contributed by atoms with Crippen molar-refractivity contribution in [2.24, 2.45) is 0 Å². The molecule has 0 amide bonds. The Bertz CT molecular complexity index is 654. The summed E-state index contributed by atoms with van der Waals surface area (Å²) in [6, 6.07) is 8.18. The maximum atomic E-state index is 5.79. The van der Waals surface area contributed by atoms with E-state index in [1.807, 2.05) is 16.1 Å². The number of rotatable bonds is 3. The fourth-order valence-electron chi connectivity index (χ4n) is 1.79. The van der Waals surface area contributed by atoms with Crippen LogP contribution < -0.4 is 21.7 Å². The van der Waals surface area contributed by atoms with Crippen molar-refractivity contribution in [3.63, 3.8) is 0 Å². The van der Waals surface area contributed by atoms with Gasteiger partial charge in [-0.2, -0.15) is 0 Å². The average Bonchev–Trinajstić information content (AvgIpc) is 2.74. The van der Waals surface area contributed by atoms with E-state index in [4.69, 9.17) is 23.2 Å². The highest BCUT2D eigenvalue weighted by atomic mass is 35.5. The molecule has 0 bridgehead atoms. The average molecular weight is 379 g/mol. The molecule has 0 aliphatic rings. The molecule has 1 heterocycles. The molecule has 0 saturated heterocycles. The quantitative estimate of drug-likeness (QED) is 0.828. The zero-order valence-corrected chi connectivity index (χ0v) is 15.9. The molecule has 7 heteroatoms. The van der Waals surface area contributed by atoms with Crippen molar-refractivity contribution in [2.75, 3.05) is 5.32 Å². The molecule has 2 aromatic rings. The van der Waals surface area contributed by atoms with E-state index in [2.05, 4.69) is 50.1 Å². The molecule has 0 unspecified atom stereocenters. The minimum absolute atomic E-state index is 0. The SMILES string of the molecule is Cc1ccc(Nc2nc(C(C)(C)C)[n+](C=C(Cl)Cl)s2)cc1.[Cl-].